The highest BCUT2D eigenvalue weighted by atomic mass is 16.4. The summed E-state index contributed by atoms with van der Waals surface area (Å²) in [6.45, 7) is 2.13. The summed E-state index contributed by atoms with van der Waals surface area (Å²) in [5.41, 5.74) is 0.811. The number of hydrogen-bond acceptors (Lipinski definition) is 5. The molecule has 1 N–H and O–H groups in total. The fraction of sp³-hybridized carbons (Fsp3) is 0.500. The van der Waals surface area contributed by atoms with Crippen molar-refractivity contribution < 1.29 is 9.90 Å². The van der Waals surface area contributed by atoms with Gasteiger partial charge in [0.2, 0.25) is 0 Å². The lowest BCUT2D eigenvalue weighted by Crippen LogP contribution is -2.13. The van der Waals surface area contributed by atoms with Crippen LogP contribution in [0.25, 0.3) is 11.4 Å². The van der Waals surface area contributed by atoms with Gasteiger partial charge in [-0.2, -0.15) is 5.10 Å². The third kappa shape index (κ3) is 2.53. The van der Waals surface area contributed by atoms with Crippen LogP contribution in [-0.4, -0.2) is 41.1 Å². The molecule has 1 atom stereocenters. The van der Waals surface area contributed by atoms with Crippen molar-refractivity contribution in [1.82, 2.24) is 30.0 Å². The van der Waals surface area contributed by atoms with Crippen LogP contribution >= 0.6 is 0 Å². The summed E-state index contributed by atoms with van der Waals surface area (Å²) in [4.78, 5) is 10.7. The van der Waals surface area contributed by atoms with E-state index in [-0.39, 0.29) is 0 Å². The maximum absolute atomic E-state index is 10.7. The van der Waals surface area contributed by atoms with E-state index in [1.807, 2.05) is 13.2 Å². The molecule has 2 aromatic rings. The average molecular weight is 250 g/mol. The summed E-state index contributed by atoms with van der Waals surface area (Å²) in [7, 11) is 1.81. The first kappa shape index (κ1) is 12.2. The molecule has 8 nitrogen and oxygen atoms in total. The summed E-state index contributed by atoms with van der Waals surface area (Å²) in [5, 5.41) is 24.3. The molecule has 0 fully saturated rings. The van der Waals surface area contributed by atoms with Gasteiger partial charge in [-0.25, -0.2) is 4.68 Å². The van der Waals surface area contributed by atoms with E-state index in [0.717, 1.165) is 5.56 Å². The van der Waals surface area contributed by atoms with Crippen LogP contribution in [0.3, 0.4) is 0 Å². The lowest BCUT2D eigenvalue weighted by molar-refractivity contribution is -0.141. The van der Waals surface area contributed by atoms with E-state index < -0.39 is 11.9 Å². The maximum Gasteiger partial charge on any atom is 0.306 e. The minimum absolute atomic E-state index is 0.420. The Hall–Kier alpha value is -2.25. The molecule has 0 aliphatic carbocycles. The van der Waals surface area contributed by atoms with Crippen molar-refractivity contribution in [3.05, 3.63) is 12.4 Å². The highest BCUT2D eigenvalue weighted by Crippen LogP contribution is 2.15. The number of tetrazole rings is 1. The summed E-state index contributed by atoms with van der Waals surface area (Å²) in [5.74, 6) is -0.636. The molecule has 0 spiro atoms. The molecule has 0 aliphatic rings. The van der Waals surface area contributed by atoms with Crippen molar-refractivity contribution in [3.8, 4) is 11.4 Å². The summed E-state index contributed by atoms with van der Waals surface area (Å²) < 4.78 is 3.25. The Kier molecular flexibility index (Phi) is 3.35. The van der Waals surface area contributed by atoms with E-state index in [9.17, 15) is 4.79 Å². The van der Waals surface area contributed by atoms with Gasteiger partial charge >= 0.3 is 5.97 Å². The van der Waals surface area contributed by atoms with Crippen molar-refractivity contribution in [2.75, 3.05) is 0 Å². The van der Waals surface area contributed by atoms with Crippen molar-refractivity contribution in [2.45, 2.75) is 19.9 Å². The average Bonchev–Trinajstić information content (AvgIpc) is 2.93. The SMILES string of the molecule is CC(CCn1nnnc1-c1cnn(C)c1)C(=O)O. The highest BCUT2D eigenvalue weighted by Gasteiger charge is 2.14. The zero-order chi connectivity index (χ0) is 13.1. The quantitative estimate of drug-likeness (QED) is 0.813. The standard InChI is InChI=1S/C10H14N6O2/c1-7(10(17)18)3-4-16-9(12-13-14-16)8-5-11-15(2)6-8/h5-7H,3-4H2,1-2H3,(H,17,18). The maximum atomic E-state index is 10.7. The second-order valence-electron chi connectivity index (χ2n) is 4.16. The molecule has 0 saturated carbocycles. The number of hydrogen-bond donors (Lipinski definition) is 1. The second kappa shape index (κ2) is 4.94. The number of nitrogens with zero attached hydrogens (tertiary/aromatic N) is 6. The lowest BCUT2D eigenvalue weighted by Gasteiger charge is -2.06. The fourth-order valence-electron chi connectivity index (χ4n) is 1.54. The van der Waals surface area contributed by atoms with Gasteiger partial charge in [0.1, 0.15) is 0 Å². The van der Waals surface area contributed by atoms with Crippen molar-refractivity contribution in [3.63, 3.8) is 0 Å². The van der Waals surface area contributed by atoms with Crippen molar-refractivity contribution in [2.24, 2.45) is 13.0 Å². The van der Waals surface area contributed by atoms with Gasteiger partial charge in [-0.1, -0.05) is 6.92 Å². The van der Waals surface area contributed by atoms with Gasteiger partial charge in [-0.15, -0.1) is 5.10 Å². The molecule has 2 heterocycles. The van der Waals surface area contributed by atoms with Crippen LogP contribution in [0.15, 0.2) is 12.4 Å². The number of aromatic nitrogens is 6. The first-order chi connectivity index (χ1) is 8.58. The Morgan fingerprint density at radius 1 is 1.56 bits per heavy atom. The van der Waals surface area contributed by atoms with Gasteiger partial charge in [-0.3, -0.25) is 9.48 Å². The predicted octanol–water partition coefficient (Wildman–Crippen LogP) is 0.184. The number of carboxylic acid groups (broad SMARTS) is 1. The van der Waals surface area contributed by atoms with Gasteiger partial charge in [0.05, 0.1) is 17.7 Å². The molecule has 0 aliphatic heterocycles. The van der Waals surface area contributed by atoms with E-state index in [4.69, 9.17) is 5.11 Å². The van der Waals surface area contributed by atoms with E-state index in [1.54, 1.807) is 22.5 Å². The van der Waals surface area contributed by atoms with Gasteiger partial charge in [0.25, 0.3) is 0 Å². The van der Waals surface area contributed by atoms with Crippen LogP contribution in [-0.2, 0) is 18.4 Å². The molecule has 2 rings (SSSR count). The third-order valence-electron chi connectivity index (χ3n) is 2.69. The third-order valence-corrected chi connectivity index (χ3v) is 2.69. The zero-order valence-corrected chi connectivity index (χ0v) is 10.2. The van der Waals surface area contributed by atoms with E-state index in [2.05, 4.69) is 20.6 Å². The van der Waals surface area contributed by atoms with Crippen molar-refractivity contribution >= 4 is 5.97 Å². The molecule has 8 heteroatoms. The van der Waals surface area contributed by atoms with Crippen LogP contribution in [0.5, 0.6) is 0 Å². The first-order valence-electron chi connectivity index (χ1n) is 5.56. The Bertz CT molecular complexity index is 546. The van der Waals surface area contributed by atoms with Crippen molar-refractivity contribution in [1.29, 1.82) is 0 Å². The topological polar surface area (TPSA) is 98.7 Å². The van der Waals surface area contributed by atoms with Crippen LogP contribution in [0.1, 0.15) is 13.3 Å². The molecule has 1 unspecified atom stereocenters. The molecule has 0 amide bonds. The zero-order valence-electron chi connectivity index (χ0n) is 10.2. The minimum atomic E-state index is -0.814. The number of carbonyl (C=O) groups is 1. The molecule has 2 aromatic heterocycles. The second-order valence-corrected chi connectivity index (χ2v) is 4.16. The predicted molar refractivity (Wildman–Crippen MR) is 61.4 cm³/mol. The van der Waals surface area contributed by atoms with Crippen LogP contribution in [0.2, 0.25) is 0 Å². The monoisotopic (exact) mass is 250 g/mol. The Morgan fingerprint density at radius 2 is 2.33 bits per heavy atom. The largest absolute Gasteiger partial charge is 0.481 e. The van der Waals surface area contributed by atoms with Gasteiger partial charge in [0, 0.05) is 19.8 Å². The Morgan fingerprint density at radius 3 is 2.94 bits per heavy atom. The molecule has 0 radical (unpaired) electrons. The van der Waals surface area contributed by atoms with Gasteiger partial charge in [0.15, 0.2) is 5.82 Å². The molecule has 0 aromatic carbocycles. The Labute approximate surface area is 103 Å². The fourth-order valence-corrected chi connectivity index (χ4v) is 1.54. The first-order valence-corrected chi connectivity index (χ1v) is 5.56. The minimum Gasteiger partial charge on any atom is -0.481 e. The van der Waals surface area contributed by atoms with Gasteiger partial charge in [-0.05, 0) is 16.8 Å². The number of aliphatic carboxylic acids is 1. The van der Waals surface area contributed by atoms with E-state index >= 15 is 0 Å². The smallest absolute Gasteiger partial charge is 0.306 e. The van der Waals surface area contributed by atoms with Crippen LogP contribution in [0.4, 0.5) is 0 Å². The van der Waals surface area contributed by atoms with E-state index in [0.29, 0.717) is 18.8 Å². The summed E-state index contributed by atoms with van der Waals surface area (Å²) in [6.07, 6.45) is 3.96. The summed E-state index contributed by atoms with van der Waals surface area (Å²) in [6, 6.07) is 0. The highest BCUT2D eigenvalue weighted by molar-refractivity contribution is 5.69. The van der Waals surface area contributed by atoms with Crippen LogP contribution in [0, 0.1) is 5.92 Å². The molecule has 0 saturated heterocycles. The molecule has 18 heavy (non-hydrogen) atoms. The number of rotatable bonds is 5. The Balaban J connectivity index is 2.11. The number of aryl methyl sites for hydroxylation is 2. The summed E-state index contributed by atoms with van der Waals surface area (Å²) >= 11 is 0. The molecule has 96 valence electrons. The number of carboxylic acids is 1. The molecule has 0 bridgehead atoms. The molecular formula is C10H14N6O2. The van der Waals surface area contributed by atoms with Crippen LogP contribution < -0.4 is 0 Å². The van der Waals surface area contributed by atoms with Gasteiger partial charge < -0.3 is 5.11 Å². The molecular weight excluding hydrogens is 236 g/mol. The lowest BCUT2D eigenvalue weighted by atomic mass is 10.1. The van der Waals surface area contributed by atoms with E-state index in [1.165, 1.54) is 0 Å². The normalized spacial score (nSPS) is 12.6.